The summed E-state index contributed by atoms with van der Waals surface area (Å²) in [6, 6.07) is 15.8. The summed E-state index contributed by atoms with van der Waals surface area (Å²) >= 11 is 0. The van der Waals surface area contributed by atoms with E-state index >= 15 is 0 Å². The van der Waals surface area contributed by atoms with E-state index in [0.717, 1.165) is 10.5 Å². The van der Waals surface area contributed by atoms with Gasteiger partial charge in [-0.1, -0.05) is 94.8 Å². The molecule has 1 aliphatic rings. The van der Waals surface area contributed by atoms with Gasteiger partial charge in [0.1, 0.15) is 13.7 Å². The molecule has 3 rings (SSSR count). The van der Waals surface area contributed by atoms with E-state index in [1.54, 1.807) is 32.9 Å². The molecule has 220 valence electrons. The van der Waals surface area contributed by atoms with Crippen LogP contribution in [0.25, 0.3) is 0 Å². The number of rotatable bonds is 8. The van der Waals surface area contributed by atoms with Gasteiger partial charge < -0.3 is 4.74 Å². The summed E-state index contributed by atoms with van der Waals surface area (Å²) in [4.78, 5) is 28.9. The zero-order valence-corrected chi connectivity index (χ0v) is 27.3. The standard InChI is InChI=1S/C31H45NO6SSi/c1-21(2)40(22(3)4,26-14-12-11-13-15-26)31(10)24(6)28(33)32(29(34)38-30(7,8)9)27(31)20-37-39(35,36)25-18-16-23(5)17-19-25/h11-19,21-22,24,27H,20H2,1-10H3/t24-,27-,31+/m0/s1. The van der Waals surface area contributed by atoms with Crippen LogP contribution >= 0.6 is 0 Å². The van der Waals surface area contributed by atoms with Gasteiger partial charge in [0.05, 0.1) is 17.5 Å². The largest absolute Gasteiger partial charge is 0.443 e. The van der Waals surface area contributed by atoms with Gasteiger partial charge in [0.2, 0.25) is 5.91 Å². The Morgan fingerprint density at radius 3 is 2.00 bits per heavy atom. The Morgan fingerprint density at radius 2 is 1.52 bits per heavy atom. The minimum atomic E-state index is -4.16. The maximum absolute atomic E-state index is 14.1. The van der Waals surface area contributed by atoms with Crippen LogP contribution in [0.5, 0.6) is 0 Å². The van der Waals surface area contributed by atoms with E-state index in [0.29, 0.717) is 0 Å². The summed E-state index contributed by atoms with van der Waals surface area (Å²) < 4.78 is 38.1. The van der Waals surface area contributed by atoms with Crippen LogP contribution in [0.3, 0.4) is 0 Å². The minimum Gasteiger partial charge on any atom is -0.443 e. The number of likely N-dealkylation sites (tertiary alicyclic amines) is 1. The fourth-order valence-corrected chi connectivity index (χ4v) is 16.2. The molecule has 1 heterocycles. The molecule has 2 amide bonds. The Balaban J connectivity index is 2.24. The van der Waals surface area contributed by atoms with Crippen molar-refractivity contribution in [3.63, 3.8) is 0 Å². The van der Waals surface area contributed by atoms with Crippen molar-refractivity contribution in [3.8, 4) is 0 Å². The normalized spacial score (nSPS) is 22.3. The van der Waals surface area contributed by atoms with Gasteiger partial charge in [0, 0.05) is 11.0 Å². The molecule has 0 saturated carbocycles. The van der Waals surface area contributed by atoms with Crippen molar-refractivity contribution in [1.29, 1.82) is 0 Å². The number of aryl methyl sites for hydroxylation is 1. The molecule has 1 fully saturated rings. The molecular formula is C31H45NO6SSi. The van der Waals surface area contributed by atoms with Crippen LogP contribution in [0.15, 0.2) is 59.5 Å². The zero-order chi connectivity index (χ0) is 30.3. The third-order valence-corrected chi connectivity index (χ3v) is 17.5. The molecule has 40 heavy (non-hydrogen) atoms. The number of ether oxygens (including phenoxy) is 1. The van der Waals surface area contributed by atoms with Crippen molar-refractivity contribution >= 4 is 35.4 Å². The molecule has 0 bridgehead atoms. The average molecular weight is 588 g/mol. The zero-order valence-electron chi connectivity index (χ0n) is 25.5. The Morgan fingerprint density at radius 1 is 1.00 bits per heavy atom. The van der Waals surface area contributed by atoms with Gasteiger partial charge in [-0.2, -0.15) is 8.42 Å². The summed E-state index contributed by atoms with van der Waals surface area (Å²) in [5.41, 5.74) is 0.392. The fraction of sp³-hybridized carbons (Fsp3) is 0.548. The number of carbonyl (C=O) groups is 2. The molecular weight excluding hydrogens is 542 g/mol. The average Bonchev–Trinajstić information content (AvgIpc) is 3.04. The van der Waals surface area contributed by atoms with Crippen LogP contribution in [0.4, 0.5) is 4.79 Å². The molecule has 2 aromatic carbocycles. The smallest absolute Gasteiger partial charge is 0.417 e. The highest BCUT2D eigenvalue weighted by atomic mass is 32.2. The number of benzene rings is 2. The fourth-order valence-electron chi connectivity index (χ4n) is 7.11. The topological polar surface area (TPSA) is 90.0 Å². The third-order valence-electron chi connectivity index (χ3n) is 8.76. The van der Waals surface area contributed by atoms with E-state index in [2.05, 4.69) is 46.8 Å². The maximum Gasteiger partial charge on any atom is 0.417 e. The molecule has 0 N–H and O–H groups in total. The number of hydrogen-bond acceptors (Lipinski definition) is 6. The molecule has 0 aromatic heterocycles. The predicted octanol–water partition coefficient (Wildman–Crippen LogP) is 6.42. The van der Waals surface area contributed by atoms with Gasteiger partial charge in [-0.3, -0.25) is 8.98 Å². The van der Waals surface area contributed by atoms with Gasteiger partial charge >= 0.3 is 6.09 Å². The van der Waals surface area contributed by atoms with Gasteiger partial charge in [-0.25, -0.2) is 9.69 Å². The lowest BCUT2D eigenvalue weighted by Gasteiger charge is -2.55. The lowest BCUT2D eigenvalue weighted by Crippen LogP contribution is -2.66. The van der Waals surface area contributed by atoms with Gasteiger partial charge in [-0.15, -0.1) is 0 Å². The third kappa shape index (κ3) is 5.52. The minimum absolute atomic E-state index is 0.0280. The summed E-state index contributed by atoms with van der Waals surface area (Å²) in [6.45, 7) is 19.4. The number of hydrogen-bond donors (Lipinski definition) is 0. The first-order chi connectivity index (χ1) is 18.4. The van der Waals surface area contributed by atoms with E-state index in [1.165, 1.54) is 17.3 Å². The van der Waals surface area contributed by atoms with Crippen molar-refractivity contribution in [2.24, 2.45) is 5.92 Å². The molecule has 0 radical (unpaired) electrons. The summed E-state index contributed by atoms with van der Waals surface area (Å²) in [6.07, 6.45) is -0.780. The second kappa shape index (κ2) is 11.4. The second-order valence-corrected chi connectivity index (χ2v) is 20.1. The van der Waals surface area contributed by atoms with Crippen molar-refractivity contribution in [2.45, 2.75) is 102 Å². The van der Waals surface area contributed by atoms with Crippen LogP contribution in [0, 0.1) is 12.8 Å². The van der Waals surface area contributed by atoms with Crippen molar-refractivity contribution in [3.05, 3.63) is 60.2 Å². The van der Waals surface area contributed by atoms with Gasteiger partial charge in [0.25, 0.3) is 10.1 Å². The van der Waals surface area contributed by atoms with E-state index < -0.39 is 46.9 Å². The molecule has 0 aliphatic carbocycles. The predicted molar refractivity (Wildman–Crippen MR) is 161 cm³/mol. The summed E-state index contributed by atoms with van der Waals surface area (Å²) in [5, 5.41) is 0.382. The monoisotopic (exact) mass is 587 g/mol. The lowest BCUT2D eigenvalue weighted by atomic mass is 9.92. The van der Waals surface area contributed by atoms with E-state index in [1.807, 2.05) is 32.0 Å². The molecule has 1 saturated heterocycles. The van der Waals surface area contributed by atoms with E-state index in [-0.39, 0.29) is 28.5 Å². The Labute approximate surface area is 241 Å². The Hall–Kier alpha value is -2.49. The molecule has 3 atom stereocenters. The van der Waals surface area contributed by atoms with Gasteiger partial charge in [-0.05, 0) is 50.9 Å². The molecule has 0 spiro atoms. The second-order valence-electron chi connectivity index (χ2n) is 12.8. The van der Waals surface area contributed by atoms with Crippen LogP contribution < -0.4 is 5.19 Å². The molecule has 9 heteroatoms. The quantitative estimate of drug-likeness (QED) is 0.262. The number of imide groups is 1. The molecule has 2 aromatic rings. The first-order valence-corrected chi connectivity index (χ1v) is 17.5. The highest BCUT2D eigenvalue weighted by Crippen LogP contribution is 2.61. The van der Waals surface area contributed by atoms with Crippen LogP contribution in [0.1, 0.15) is 67.9 Å². The summed E-state index contributed by atoms with van der Waals surface area (Å²) in [7, 11) is -6.92. The van der Waals surface area contributed by atoms with Crippen LogP contribution in [-0.4, -0.2) is 51.6 Å². The lowest BCUT2D eigenvalue weighted by molar-refractivity contribution is -0.131. The summed E-state index contributed by atoms with van der Waals surface area (Å²) in [5.74, 6) is -0.945. The highest BCUT2D eigenvalue weighted by molar-refractivity contribution is 7.86. The van der Waals surface area contributed by atoms with E-state index in [9.17, 15) is 18.0 Å². The van der Waals surface area contributed by atoms with Crippen LogP contribution in [0.2, 0.25) is 16.1 Å². The van der Waals surface area contributed by atoms with Crippen molar-refractivity contribution < 1.29 is 26.9 Å². The number of carbonyl (C=O) groups excluding carboxylic acids is 2. The Bertz CT molecular complexity index is 1310. The van der Waals surface area contributed by atoms with Crippen LogP contribution in [-0.2, 0) is 23.8 Å². The SMILES string of the molecule is Cc1ccc(S(=O)(=O)OC[C@@H]2N(C(=O)OC(C)(C)C)C(=O)[C@H](C)[C@@]2(C)[Si](c2ccccc2)(C(C)C)C(C)C)cc1. The van der Waals surface area contributed by atoms with Crippen molar-refractivity contribution in [1.82, 2.24) is 4.90 Å². The maximum atomic E-state index is 14.1. The first-order valence-electron chi connectivity index (χ1n) is 14.0. The van der Waals surface area contributed by atoms with Crippen molar-refractivity contribution in [2.75, 3.05) is 6.61 Å². The molecule has 1 aliphatic heterocycles. The molecule has 0 unspecified atom stereocenters. The van der Waals surface area contributed by atoms with E-state index in [4.69, 9.17) is 8.92 Å². The van der Waals surface area contributed by atoms with Gasteiger partial charge in [0.15, 0.2) is 0 Å². The highest BCUT2D eigenvalue weighted by Gasteiger charge is 2.69. The number of amides is 2. The Kier molecular flexibility index (Phi) is 9.14. The first kappa shape index (κ1) is 32.0. The molecule has 7 nitrogen and oxygen atoms in total. The number of nitrogens with zero attached hydrogens (tertiary/aromatic N) is 1.